The van der Waals surface area contributed by atoms with Crippen molar-refractivity contribution >= 4 is 12.4 Å². The van der Waals surface area contributed by atoms with Crippen molar-refractivity contribution in [3.63, 3.8) is 0 Å². The lowest BCUT2D eigenvalue weighted by molar-refractivity contribution is -0.140. The second kappa shape index (κ2) is 4.71. The van der Waals surface area contributed by atoms with Crippen molar-refractivity contribution in [2.75, 3.05) is 13.6 Å². The van der Waals surface area contributed by atoms with E-state index in [0.717, 1.165) is 5.12 Å². The van der Waals surface area contributed by atoms with E-state index in [1.807, 2.05) is 0 Å². The number of amides is 1. The highest BCUT2D eigenvalue weighted by molar-refractivity contribution is 5.69. The van der Waals surface area contributed by atoms with E-state index in [1.54, 1.807) is 0 Å². The molecule has 10 heavy (non-hydrogen) atoms. The van der Waals surface area contributed by atoms with Crippen LogP contribution in [0.15, 0.2) is 0 Å². The maximum absolute atomic E-state index is 10.0. The zero-order valence-electron chi connectivity index (χ0n) is 5.50. The summed E-state index contributed by atoms with van der Waals surface area (Å²) in [4.78, 5) is 19.8. The molecular weight excluding hydrogens is 138 g/mol. The van der Waals surface area contributed by atoms with Crippen molar-refractivity contribution in [3.05, 3.63) is 0 Å². The van der Waals surface area contributed by atoms with Gasteiger partial charge in [0.1, 0.15) is 6.54 Å². The first-order valence-electron chi connectivity index (χ1n) is 2.57. The maximum Gasteiger partial charge on any atom is 0.321 e. The van der Waals surface area contributed by atoms with Gasteiger partial charge >= 0.3 is 5.97 Å². The molecule has 0 saturated heterocycles. The molecule has 6 nitrogen and oxygen atoms in total. The largest absolute Gasteiger partial charge is 0.480 e. The third-order valence-corrected chi connectivity index (χ3v) is 0.772. The molecule has 0 aliphatic carbocycles. The van der Waals surface area contributed by atoms with Gasteiger partial charge < -0.3 is 5.11 Å². The lowest BCUT2D eigenvalue weighted by atomic mass is 10.7. The number of carbonyl (C=O) groups excluding carboxylic acids is 1. The smallest absolute Gasteiger partial charge is 0.321 e. The van der Waals surface area contributed by atoms with Crippen LogP contribution in [0.5, 0.6) is 0 Å². The predicted molar refractivity (Wildman–Crippen MR) is 32.6 cm³/mol. The van der Waals surface area contributed by atoms with Crippen molar-refractivity contribution in [2.45, 2.75) is 0 Å². The van der Waals surface area contributed by atoms with Crippen molar-refractivity contribution in [1.82, 2.24) is 16.0 Å². The normalized spacial score (nSPS) is 9.40. The highest BCUT2D eigenvalue weighted by Gasteiger charge is 2.03. The average Bonchev–Trinajstić information content (AvgIpc) is 1.86. The number of nitrogens with one attached hydrogen (secondary N) is 2. The van der Waals surface area contributed by atoms with Gasteiger partial charge in [-0.15, -0.1) is 5.12 Å². The summed E-state index contributed by atoms with van der Waals surface area (Å²) in [5.41, 5.74) is 4.57. The number of hydrogen-bond acceptors (Lipinski definition) is 4. The van der Waals surface area contributed by atoms with Crippen LogP contribution >= 0.6 is 0 Å². The van der Waals surface area contributed by atoms with Crippen LogP contribution in [0.3, 0.4) is 0 Å². The molecule has 0 spiro atoms. The Hall–Kier alpha value is -1.14. The fourth-order valence-corrected chi connectivity index (χ4v) is 0.388. The Morgan fingerprint density at radius 1 is 1.80 bits per heavy atom. The van der Waals surface area contributed by atoms with Crippen LogP contribution in [-0.4, -0.2) is 36.2 Å². The van der Waals surface area contributed by atoms with Gasteiger partial charge in [0.15, 0.2) is 0 Å². The van der Waals surface area contributed by atoms with E-state index < -0.39 is 5.97 Å². The van der Waals surface area contributed by atoms with Crippen LogP contribution in [0.1, 0.15) is 0 Å². The molecule has 0 aromatic heterocycles. The van der Waals surface area contributed by atoms with E-state index in [4.69, 9.17) is 5.11 Å². The van der Waals surface area contributed by atoms with Gasteiger partial charge in [0, 0.05) is 7.05 Å². The Balaban J connectivity index is 3.59. The van der Waals surface area contributed by atoms with Crippen LogP contribution in [0, 0.1) is 0 Å². The summed E-state index contributed by atoms with van der Waals surface area (Å²) < 4.78 is 0. The monoisotopic (exact) mass is 147 g/mol. The molecule has 0 aliphatic rings. The molecule has 0 aromatic rings. The Bertz CT molecular complexity index is 127. The number of carboxylic acid groups (broad SMARTS) is 1. The Kier molecular flexibility index (Phi) is 4.17. The zero-order chi connectivity index (χ0) is 7.98. The van der Waals surface area contributed by atoms with E-state index in [-0.39, 0.29) is 6.54 Å². The summed E-state index contributed by atoms with van der Waals surface area (Å²) in [5, 5.41) is 9.24. The number of carbonyl (C=O) groups is 2. The SMILES string of the molecule is CNN(CC(=O)O)NC=O. The first-order valence-corrected chi connectivity index (χ1v) is 2.57. The summed E-state index contributed by atoms with van der Waals surface area (Å²) in [6.45, 7) is -0.282. The van der Waals surface area contributed by atoms with Gasteiger partial charge in [-0.2, -0.15) is 0 Å². The molecule has 0 unspecified atom stereocenters. The second-order valence-corrected chi connectivity index (χ2v) is 1.45. The fraction of sp³-hybridized carbons (Fsp3) is 0.500. The number of rotatable bonds is 5. The number of hydrazine groups is 2. The Morgan fingerprint density at radius 3 is 2.70 bits per heavy atom. The third kappa shape index (κ3) is 3.81. The van der Waals surface area contributed by atoms with E-state index in [0.29, 0.717) is 6.41 Å². The third-order valence-electron chi connectivity index (χ3n) is 0.772. The lowest BCUT2D eigenvalue weighted by Gasteiger charge is -2.15. The summed E-state index contributed by atoms with van der Waals surface area (Å²) in [7, 11) is 1.50. The maximum atomic E-state index is 10.0. The van der Waals surface area contributed by atoms with E-state index >= 15 is 0 Å². The van der Waals surface area contributed by atoms with Gasteiger partial charge in [0.2, 0.25) is 6.41 Å². The van der Waals surface area contributed by atoms with Gasteiger partial charge in [0.05, 0.1) is 0 Å². The molecule has 0 aliphatic heterocycles. The molecule has 0 atom stereocenters. The van der Waals surface area contributed by atoms with Crippen molar-refractivity contribution < 1.29 is 14.7 Å². The van der Waals surface area contributed by atoms with Crippen molar-refractivity contribution in [2.24, 2.45) is 0 Å². The first kappa shape index (κ1) is 8.86. The highest BCUT2D eigenvalue weighted by atomic mass is 16.4. The minimum atomic E-state index is -1.02. The van der Waals surface area contributed by atoms with Crippen LogP contribution in [0.25, 0.3) is 0 Å². The van der Waals surface area contributed by atoms with Gasteiger partial charge in [-0.05, 0) is 0 Å². The van der Waals surface area contributed by atoms with E-state index in [9.17, 15) is 9.59 Å². The van der Waals surface area contributed by atoms with Crippen LogP contribution in [-0.2, 0) is 9.59 Å². The molecule has 0 saturated carbocycles. The van der Waals surface area contributed by atoms with Crippen LogP contribution in [0.2, 0.25) is 0 Å². The Morgan fingerprint density at radius 2 is 2.40 bits per heavy atom. The number of aliphatic carboxylic acids is 1. The molecule has 6 heteroatoms. The quantitative estimate of drug-likeness (QED) is 0.315. The van der Waals surface area contributed by atoms with Gasteiger partial charge in [0.25, 0.3) is 0 Å². The second-order valence-electron chi connectivity index (χ2n) is 1.45. The molecule has 58 valence electrons. The molecule has 0 heterocycles. The molecular formula is C4H9N3O3. The molecule has 0 aromatic carbocycles. The first-order chi connectivity index (χ1) is 4.70. The standard InChI is InChI=1S/C4H9N3O3/c1-5-7(6-3-8)2-4(9)10/h3,5H,2H2,1H3,(H,6,8)(H,9,10). The molecule has 1 amide bonds. The van der Waals surface area contributed by atoms with Gasteiger partial charge in [-0.25, -0.2) is 5.43 Å². The van der Waals surface area contributed by atoms with Gasteiger partial charge in [-0.3, -0.25) is 15.0 Å². The summed E-state index contributed by atoms with van der Waals surface area (Å²) in [6.07, 6.45) is 0.388. The topological polar surface area (TPSA) is 81.7 Å². The number of carboxylic acids is 1. The molecule has 0 rings (SSSR count). The summed E-state index contributed by atoms with van der Waals surface area (Å²) in [6, 6.07) is 0. The Labute approximate surface area is 57.8 Å². The number of nitrogens with zero attached hydrogens (tertiary/aromatic N) is 1. The minimum absolute atomic E-state index is 0.282. The van der Waals surface area contributed by atoms with Crippen molar-refractivity contribution in [3.8, 4) is 0 Å². The predicted octanol–water partition coefficient (Wildman–Crippen LogP) is -1.83. The van der Waals surface area contributed by atoms with Crippen molar-refractivity contribution in [1.29, 1.82) is 0 Å². The zero-order valence-corrected chi connectivity index (χ0v) is 5.50. The average molecular weight is 147 g/mol. The molecule has 0 bridgehead atoms. The minimum Gasteiger partial charge on any atom is -0.480 e. The molecule has 0 radical (unpaired) electrons. The van der Waals surface area contributed by atoms with E-state index in [2.05, 4.69) is 10.9 Å². The molecule has 3 N–H and O–H groups in total. The van der Waals surface area contributed by atoms with Crippen LogP contribution in [0.4, 0.5) is 0 Å². The number of hydrogen-bond donors (Lipinski definition) is 3. The highest BCUT2D eigenvalue weighted by Crippen LogP contribution is 1.70. The van der Waals surface area contributed by atoms with E-state index in [1.165, 1.54) is 7.05 Å². The van der Waals surface area contributed by atoms with Gasteiger partial charge in [-0.1, -0.05) is 0 Å². The molecule has 0 fully saturated rings. The summed E-state index contributed by atoms with van der Waals surface area (Å²) in [5.74, 6) is -1.02. The summed E-state index contributed by atoms with van der Waals surface area (Å²) >= 11 is 0. The lowest BCUT2D eigenvalue weighted by Crippen LogP contribution is -2.48. The fourth-order valence-electron chi connectivity index (χ4n) is 0.388. The van der Waals surface area contributed by atoms with Crippen LogP contribution < -0.4 is 10.9 Å².